The van der Waals surface area contributed by atoms with Gasteiger partial charge in [0.25, 0.3) is 5.91 Å². The van der Waals surface area contributed by atoms with Crippen molar-refractivity contribution in [3.8, 4) is 11.5 Å². The Bertz CT molecular complexity index is 890. The molecule has 1 atom stereocenters. The van der Waals surface area contributed by atoms with Crippen molar-refractivity contribution in [2.24, 2.45) is 0 Å². The van der Waals surface area contributed by atoms with E-state index in [2.05, 4.69) is 10.4 Å². The zero-order valence-electron chi connectivity index (χ0n) is 15.4. The van der Waals surface area contributed by atoms with Crippen LogP contribution < -0.4 is 10.1 Å². The summed E-state index contributed by atoms with van der Waals surface area (Å²) in [6.07, 6.45) is 2.38. The third-order valence-corrected chi connectivity index (χ3v) is 4.07. The van der Waals surface area contributed by atoms with Gasteiger partial charge in [0.05, 0.1) is 17.9 Å². The number of aromatic nitrogens is 2. The fraction of sp³-hybridized carbons (Fsp3) is 0.238. The lowest BCUT2D eigenvalue weighted by molar-refractivity contribution is 0.0916. The van der Waals surface area contributed by atoms with Crippen LogP contribution in [0.1, 0.15) is 41.9 Å². The van der Waals surface area contributed by atoms with Gasteiger partial charge in [-0.2, -0.15) is 5.10 Å². The van der Waals surface area contributed by atoms with E-state index in [9.17, 15) is 9.90 Å². The number of aliphatic hydroxyl groups is 1. The lowest BCUT2D eigenvalue weighted by Crippen LogP contribution is -2.28. The number of hydrogen-bond donors (Lipinski definition) is 2. The molecule has 0 fully saturated rings. The summed E-state index contributed by atoms with van der Waals surface area (Å²) in [5.74, 6) is 1.08. The van der Waals surface area contributed by atoms with E-state index in [1.807, 2.05) is 56.3 Å². The van der Waals surface area contributed by atoms with E-state index in [0.29, 0.717) is 16.9 Å². The molecule has 6 nitrogen and oxygen atoms in total. The summed E-state index contributed by atoms with van der Waals surface area (Å²) in [6, 6.07) is 16.8. The first-order valence-corrected chi connectivity index (χ1v) is 8.86. The van der Waals surface area contributed by atoms with E-state index < -0.39 is 6.10 Å². The minimum atomic E-state index is -0.839. The number of hydrogen-bond acceptors (Lipinski definition) is 4. The number of carbonyl (C=O) groups is 1. The number of amides is 1. The minimum absolute atomic E-state index is 0.0977. The monoisotopic (exact) mass is 365 g/mol. The molecule has 3 rings (SSSR count). The highest BCUT2D eigenvalue weighted by Crippen LogP contribution is 2.24. The van der Waals surface area contributed by atoms with Crippen LogP contribution in [-0.2, 0) is 0 Å². The van der Waals surface area contributed by atoms with Gasteiger partial charge >= 0.3 is 0 Å². The second kappa shape index (κ2) is 8.51. The van der Waals surface area contributed by atoms with E-state index in [0.717, 1.165) is 5.75 Å². The van der Waals surface area contributed by atoms with Crippen LogP contribution in [0.2, 0.25) is 0 Å². The molecule has 1 aromatic heterocycles. The lowest BCUT2D eigenvalue weighted by Gasteiger charge is -2.13. The van der Waals surface area contributed by atoms with E-state index in [-0.39, 0.29) is 18.5 Å². The van der Waals surface area contributed by atoms with Crippen LogP contribution in [0, 0.1) is 0 Å². The van der Waals surface area contributed by atoms with Gasteiger partial charge in [-0.15, -0.1) is 0 Å². The van der Waals surface area contributed by atoms with Crippen molar-refractivity contribution in [3.05, 3.63) is 78.1 Å². The summed E-state index contributed by atoms with van der Waals surface area (Å²) in [5, 5.41) is 17.3. The van der Waals surface area contributed by atoms with Gasteiger partial charge in [-0.25, -0.2) is 0 Å². The fourth-order valence-electron chi connectivity index (χ4n) is 2.56. The molecule has 2 aromatic carbocycles. The summed E-state index contributed by atoms with van der Waals surface area (Å²) >= 11 is 0. The maximum atomic E-state index is 12.2. The average molecular weight is 365 g/mol. The molecule has 0 unspecified atom stereocenters. The van der Waals surface area contributed by atoms with E-state index in [1.165, 1.54) is 6.20 Å². The molecule has 0 spiro atoms. The van der Waals surface area contributed by atoms with Gasteiger partial charge in [-0.1, -0.05) is 30.3 Å². The van der Waals surface area contributed by atoms with Crippen LogP contribution in [0.25, 0.3) is 0 Å². The van der Waals surface area contributed by atoms with Crippen LogP contribution >= 0.6 is 0 Å². The molecule has 0 saturated heterocycles. The van der Waals surface area contributed by atoms with Crippen LogP contribution in [-0.4, -0.2) is 27.3 Å². The second-order valence-corrected chi connectivity index (χ2v) is 6.52. The molecule has 0 aliphatic heterocycles. The Morgan fingerprint density at radius 3 is 2.59 bits per heavy atom. The molecule has 2 N–H and O–H groups in total. The maximum absolute atomic E-state index is 12.2. The number of nitrogens with zero attached hydrogens (tertiary/aromatic N) is 2. The molecule has 1 amide bonds. The second-order valence-electron chi connectivity index (χ2n) is 6.52. The van der Waals surface area contributed by atoms with Crippen molar-refractivity contribution in [3.63, 3.8) is 0 Å². The van der Waals surface area contributed by atoms with Gasteiger partial charge in [-0.05, 0) is 43.7 Å². The molecule has 6 heteroatoms. The van der Waals surface area contributed by atoms with E-state index in [1.54, 1.807) is 23.0 Å². The first kappa shape index (κ1) is 18.7. The smallest absolute Gasteiger partial charge is 0.254 e. The van der Waals surface area contributed by atoms with Gasteiger partial charge in [-0.3, -0.25) is 9.48 Å². The number of carbonyl (C=O) groups excluding carboxylic acids is 1. The third kappa shape index (κ3) is 4.95. The Kier molecular flexibility index (Phi) is 5.88. The summed E-state index contributed by atoms with van der Waals surface area (Å²) in [5.41, 5.74) is 1.14. The molecule has 0 bridgehead atoms. The van der Waals surface area contributed by atoms with Crippen molar-refractivity contribution >= 4 is 5.91 Å². The Labute approximate surface area is 158 Å². The van der Waals surface area contributed by atoms with E-state index >= 15 is 0 Å². The molecule has 1 heterocycles. The topological polar surface area (TPSA) is 76.4 Å². The SMILES string of the molecule is CC(C)n1cc(C(=O)NC[C@H](O)c2cccc(Oc3ccccc3)c2)cn1. The van der Waals surface area contributed by atoms with Crippen molar-refractivity contribution < 1.29 is 14.6 Å². The molecular weight excluding hydrogens is 342 g/mol. The normalized spacial score (nSPS) is 12.0. The highest BCUT2D eigenvalue weighted by Gasteiger charge is 2.14. The van der Waals surface area contributed by atoms with Crippen molar-refractivity contribution in [1.82, 2.24) is 15.1 Å². The third-order valence-electron chi connectivity index (χ3n) is 4.07. The predicted molar refractivity (Wildman–Crippen MR) is 103 cm³/mol. The average Bonchev–Trinajstić information content (AvgIpc) is 3.17. The number of benzene rings is 2. The first-order chi connectivity index (χ1) is 13.0. The number of para-hydroxylation sites is 1. The van der Waals surface area contributed by atoms with E-state index in [4.69, 9.17) is 4.74 Å². The van der Waals surface area contributed by atoms with Crippen molar-refractivity contribution in [2.45, 2.75) is 26.0 Å². The van der Waals surface area contributed by atoms with Gasteiger partial charge < -0.3 is 15.2 Å². The Hall–Kier alpha value is -3.12. The largest absolute Gasteiger partial charge is 0.457 e. The van der Waals surface area contributed by atoms with Gasteiger partial charge in [0.15, 0.2) is 0 Å². The number of ether oxygens (including phenoxy) is 1. The maximum Gasteiger partial charge on any atom is 0.254 e. The van der Waals surface area contributed by atoms with Crippen molar-refractivity contribution in [2.75, 3.05) is 6.54 Å². The van der Waals surface area contributed by atoms with Gasteiger partial charge in [0.2, 0.25) is 0 Å². The van der Waals surface area contributed by atoms with Gasteiger partial charge in [0.1, 0.15) is 11.5 Å². The Morgan fingerprint density at radius 2 is 1.89 bits per heavy atom. The lowest BCUT2D eigenvalue weighted by atomic mass is 10.1. The van der Waals surface area contributed by atoms with Gasteiger partial charge in [0, 0.05) is 18.8 Å². The summed E-state index contributed by atoms with van der Waals surface area (Å²) in [7, 11) is 0. The minimum Gasteiger partial charge on any atom is -0.457 e. The van der Waals surface area contributed by atoms with Crippen LogP contribution in [0.5, 0.6) is 11.5 Å². The molecule has 0 radical (unpaired) electrons. The molecule has 27 heavy (non-hydrogen) atoms. The molecule has 140 valence electrons. The standard InChI is InChI=1S/C21H23N3O3/c1-15(2)24-14-17(12-23-24)21(26)22-13-20(25)16-7-6-10-19(11-16)27-18-8-4-3-5-9-18/h3-12,14-15,20,25H,13H2,1-2H3,(H,22,26)/t20-/m0/s1. The zero-order valence-corrected chi connectivity index (χ0v) is 15.4. The number of aliphatic hydroxyl groups excluding tert-OH is 1. The fourth-order valence-corrected chi connectivity index (χ4v) is 2.56. The number of nitrogens with one attached hydrogen (secondary N) is 1. The molecule has 0 aliphatic carbocycles. The quantitative estimate of drug-likeness (QED) is 0.669. The zero-order chi connectivity index (χ0) is 19.2. The van der Waals surface area contributed by atoms with Crippen LogP contribution in [0.15, 0.2) is 67.0 Å². The molecular formula is C21H23N3O3. The number of rotatable bonds is 7. The Balaban J connectivity index is 1.59. The highest BCUT2D eigenvalue weighted by atomic mass is 16.5. The molecule has 3 aromatic rings. The van der Waals surface area contributed by atoms with Crippen molar-refractivity contribution in [1.29, 1.82) is 0 Å². The summed E-state index contributed by atoms with van der Waals surface area (Å²) < 4.78 is 7.50. The summed E-state index contributed by atoms with van der Waals surface area (Å²) in [4.78, 5) is 12.2. The molecule has 0 saturated carbocycles. The molecule has 0 aliphatic rings. The van der Waals surface area contributed by atoms with Crippen LogP contribution in [0.3, 0.4) is 0 Å². The summed E-state index contributed by atoms with van der Waals surface area (Å²) in [6.45, 7) is 4.08. The first-order valence-electron chi connectivity index (χ1n) is 8.86. The highest BCUT2D eigenvalue weighted by molar-refractivity contribution is 5.93. The Morgan fingerprint density at radius 1 is 1.15 bits per heavy atom. The van der Waals surface area contributed by atoms with Crippen LogP contribution in [0.4, 0.5) is 0 Å². The predicted octanol–water partition coefficient (Wildman–Crippen LogP) is 3.72.